The lowest BCUT2D eigenvalue weighted by Gasteiger charge is -2.07. The molecule has 3 heteroatoms. The number of carboxylic acid groups (broad SMARTS) is 1. The van der Waals surface area contributed by atoms with Gasteiger partial charge in [-0.3, -0.25) is 4.79 Å². The molecule has 13 heavy (non-hydrogen) atoms. The zero-order valence-corrected chi connectivity index (χ0v) is 9.08. The first-order valence-electron chi connectivity index (χ1n) is 4.79. The number of hydrogen-bond acceptors (Lipinski definition) is 2. The van der Waals surface area contributed by atoms with Gasteiger partial charge in [-0.2, -0.15) is 0 Å². The third kappa shape index (κ3) is 14.3. The highest BCUT2D eigenvalue weighted by Crippen LogP contribution is 2.11. The van der Waals surface area contributed by atoms with Crippen LogP contribution in [-0.2, 0) is 4.79 Å². The Morgan fingerprint density at radius 3 is 1.85 bits per heavy atom. The van der Waals surface area contributed by atoms with E-state index < -0.39 is 5.97 Å². The maximum atomic E-state index is 10.3. The number of aliphatic hydroxyl groups excluding tert-OH is 1. The molecule has 0 bridgehead atoms. The molecule has 0 aromatic rings. The van der Waals surface area contributed by atoms with Crippen molar-refractivity contribution in [1.82, 2.24) is 0 Å². The van der Waals surface area contributed by atoms with Crippen molar-refractivity contribution in [1.29, 1.82) is 0 Å². The van der Waals surface area contributed by atoms with Gasteiger partial charge >= 0.3 is 5.97 Å². The molecule has 3 nitrogen and oxygen atoms in total. The monoisotopic (exact) mass is 190 g/mol. The molecule has 0 radical (unpaired) electrons. The second kappa shape index (κ2) is 9.52. The molecule has 0 fully saturated rings. The van der Waals surface area contributed by atoms with Gasteiger partial charge in [-0.25, -0.2) is 0 Å². The number of carbonyl (C=O) groups is 1. The predicted octanol–water partition coefficient (Wildman–Crippen LogP) is 2.14. The lowest BCUT2D eigenvalue weighted by molar-refractivity contribution is -0.141. The van der Waals surface area contributed by atoms with Crippen LogP contribution in [0.5, 0.6) is 0 Å². The number of aliphatic carboxylic acids is 1. The summed E-state index contributed by atoms with van der Waals surface area (Å²) in [6.07, 6.45) is 1.81. The summed E-state index contributed by atoms with van der Waals surface area (Å²) in [6, 6.07) is 0. The average Bonchev–Trinajstić information content (AvgIpc) is 2.01. The first-order chi connectivity index (χ1) is 5.95. The van der Waals surface area contributed by atoms with E-state index in [2.05, 4.69) is 13.8 Å². The van der Waals surface area contributed by atoms with Crippen LogP contribution in [0.25, 0.3) is 0 Å². The van der Waals surface area contributed by atoms with Crippen LogP contribution in [0.4, 0.5) is 0 Å². The fraction of sp³-hybridized carbons (Fsp3) is 0.900. The highest BCUT2D eigenvalue weighted by Gasteiger charge is 2.10. The van der Waals surface area contributed by atoms with Gasteiger partial charge in [-0.1, -0.05) is 27.2 Å². The molecule has 0 amide bonds. The van der Waals surface area contributed by atoms with Crippen molar-refractivity contribution in [2.75, 3.05) is 6.61 Å². The maximum absolute atomic E-state index is 10.3. The van der Waals surface area contributed by atoms with Gasteiger partial charge in [0.05, 0.1) is 5.92 Å². The maximum Gasteiger partial charge on any atom is 0.306 e. The van der Waals surface area contributed by atoms with Crippen LogP contribution in [0.3, 0.4) is 0 Å². The minimum absolute atomic E-state index is 0.178. The van der Waals surface area contributed by atoms with E-state index in [0.717, 1.165) is 12.8 Å². The number of rotatable bonds is 4. The van der Waals surface area contributed by atoms with Gasteiger partial charge in [0.15, 0.2) is 0 Å². The quantitative estimate of drug-likeness (QED) is 0.714. The Balaban J connectivity index is 0. The van der Waals surface area contributed by atoms with Crippen molar-refractivity contribution >= 4 is 5.97 Å². The van der Waals surface area contributed by atoms with Crippen LogP contribution >= 0.6 is 0 Å². The van der Waals surface area contributed by atoms with Gasteiger partial charge in [0, 0.05) is 6.61 Å². The fourth-order valence-electron chi connectivity index (χ4n) is 0.707. The van der Waals surface area contributed by atoms with E-state index in [4.69, 9.17) is 10.2 Å². The molecule has 0 aliphatic carbocycles. The van der Waals surface area contributed by atoms with Crippen LogP contribution in [-0.4, -0.2) is 22.8 Å². The third-order valence-electron chi connectivity index (χ3n) is 1.60. The highest BCUT2D eigenvalue weighted by atomic mass is 16.4. The van der Waals surface area contributed by atoms with Crippen LogP contribution in [0.1, 0.15) is 40.5 Å². The van der Waals surface area contributed by atoms with Crippen molar-refractivity contribution in [3.63, 3.8) is 0 Å². The first-order valence-corrected chi connectivity index (χ1v) is 4.79. The second-order valence-corrected chi connectivity index (χ2v) is 3.53. The van der Waals surface area contributed by atoms with E-state index in [9.17, 15) is 4.79 Å². The third-order valence-corrected chi connectivity index (χ3v) is 1.60. The highest BCUT2D eigenvalue weighted by molar-refractivity contribution is 5.69. The number of aliphatic hydroxyl groups is 1. The molecule has 0 saturated heterocycles. The lowest BCUT2D eigenvalue weighted by atomic mass is 10.00. The molecule has 2 N–H and O–H groups in total. The summed E-state index contributed by atoms with van der Waals surface area (Å²) in [7, 11) is 0. The molecule has 80 valence electrons. The van der Waals surface area contributed by atoms with Crippen LogP contribution < -0.4 is 0 Å². The van der Waals surface area contributed by atoms with Gasteiger partial charge in [0.1, 0.15) is 0 Å². The second-order valence-electron chi connectivity index (χ2n) is 3.53. The van der Waals surface area contributed by atoms with Gasteiger partial charge in [-0.05, 0) is 19.3 Å². The fourth-order valence-corrected chi connectivity index (χ4v) is 0.707. The number of hydrogen-bond donors (Lipinski definition) is 2. The lowest BCUT2D eigenvalue weighted by Crippen LogP contribution is -2.09. The molecule has 0 aromatic heterocycles. The van der Waals surface area contributed by atoms with E-state index in [1.807, 2.05) is 0 Å². The molecule has 1 unspecified atom stereocenters. The Labute approximate surface area is 80.8 Å². The van der Waals surface area contributed by atoms with E-state index in [1.54, 1.807) is 13.8 Å². The predicted molar refractivity (Wildman–Crippen MR) is 53.6 cm³/mol. The molecule has 0 aliphatic heterocycles. The number of carboxylic acids is 1. The van der Waals surface area contributed by atoms with E-state index in [0.29, 0.717) is 5.92 Å². The Hall–Kier alpha value is -0.570. The Morgan fingerprint density at radius 2 is 1.62 bits per heavy atom. The van der Waals surface area contributed by atoms with Crippen molar-refractivity contribution in [3.05, 3.63) is 0 Å². The van der Waals surface area contributed by atoms with Crippen LogP contribution in [0, 0.1) is 11.8 Å². The molecule has 0 rings (SSSR count). The van der Waals surface area contributed by atoms with Crippen LogP contribution in [0.15, 0.2) is 0 Å². The van der Waals surface area contributed by atoms with Crippen molar-refractivity contribution in [3.8, 4) is 0 Å². The molecule has 0 heterocycles. The molecular formula is C10H22O3. The topological polar surface area (TPSA) is 57.5 Å². The smallest absolute Gasteiger partial charge is 0.306 e. The van der Waals surface area contributed by atoms with Crippen molar-refractivity contribution in [2.45, 2.75) is 40.5 Å². The largest absolute Gasteiger partial charge is 0.481 e. The zero-order chi connectivity index (χ0) is 10.9. The molecule has 0 saturated carbocycles. The molecule has 1 atom stereocenters. The summed E-state index contributed by atoms with van der Waals surface area (Å²) in [5.41, 5.74) is 0. The summed E-state index contributed by atoms with van der Waals surface area (Å²) in [5.74, 6) is -0.246. The standard InChI is InChI=1S/C8H16O2.C2H6O/c1-6(2)4-5-7(3)8(9)10;1-2-3/h6-7H,4-5H2,1-3H3,(H,9,10);3H,2H2,1H3. The SMILES string of the molecule is CC(C)CCC(C)C(=O)O.CCO. The van der Waals surface area contributed by atoms with E-state index in [-0.39, 0.29) is 12.5 Å². The minimum Gasteiger partial charge on any atom is -0.481 e. The zero-order valence-electron chi connectivity index (χ0n) is 9.08. The Morgan fingerprint density at radius 1 is 1.23 bits per heavy atom. The summed E-state index contributed by atoms with van der Waals surface area (Å²) < 4.78 is 0. The van der Waals surface area contributed by atoms with Gasteiger partial charge < -0.3 is 10.2 Å². The Kier molecular flexibility index (Phi) is 10.9. The van der Waals surface area contributed by atoms with E-state index in [1.165, 1.54) is 0 Å². The molecular weight excluding hydrogens is 168 g/mol. The van der Waals surface area contributed by atoms with Gasteiger partial charge in [0.25, 0.3) is 0 Å². The normalized spacial score (nSPS) is 11.8. The Bertz CT molecular complexity index is 121. The first kappa shape index (κ1) is 14.9. The van der Waals surface area contributed by atoms with Gasteiger partial charge in [-0.15, -0.1) is 0 Å². The summed E-state index contributed by atoms with van der Waals surface area (Å²) >= 11 is 0. The minimum atomic E-state index is -0.680. The molecule has 0 aliphatic rings. The average molecular weight is 190 g/mol. The summed E-state index contributed by atoms with van der Waals surface area (Å²) in [4.78, 5) is 10.3. The molecule has 0 spiro atoms. The summed E-state index contributed by atoms with van der Waals surface area (Å²) in [5, 5.41) is 16.1. The van der Waals surface area contributed by atoms with Crippen molar-refractivity contribution < 1.29 is 15.0 Å². The van der Waals surface area contributed by atoms with Gasteiger partial charge in [0.2, 0.25) is 0 Å². The van der Waals surface area contributed by atoms with Crippen LogP contribution in [0.2, 0.25) is 0 Å². The van der Waals surface area contributed by atoms with E-state index >= 15 is 0 Å². The summed E-state index contributed by atoms with van der Waals surface area (Å²) in [6.45, 7) is 7.90. The molecule has 0 aromatic carbocycles. The van der Waals surface area contributed by atoms with Crippen molar-refractivity contribution in [2.24, 2.45) is 11.8 Å².